The summed E-state index contributed by atoms with van der Waals surface area (Å²) in [7, 11) is 0. The molecular formula is C17H17N5O2. The van der Waals surface area contributed by atoms with E-state index in [-0.39, 0.29) is 5.91 Å². The van der Waals surface area contributed by atoms with Gasteiger partial charge >= 0.3 is 0 Å². The Morgan fingerprint density at radius 3 is 2.92 bits per heavy atom. The first kappa shape index (κ1) is 14.5. The minimum atomic E-state index is -0.287. The van der Waals surface area contributed by atoms with Crippen molar-refractivity contribution in [3.8, 4) is 5.88 Å². The molecule has 1 N–H and O–H groups in total. The maximum atomic E-state index is 12.3. The van der Waals surface area contributed by atoms with Crippen LogP contribution in [-0.2, 0) is 13.1 Å². The smallest absolute Gasteiger partial charge is 0.277 e. The SMILES string of the molecule is O=C(Nc1ccn(Cc2ccccc2)n1)c1cc2n(n1)CCCO2. The summed E-state index contributed by atoms with van der Waals surface area (Å²) >= 11 is 0. The average Bonchev–Trinajstić information content (AvgIpc) is 3.22. The van der Waals surface area contributed by atoms with Gasteiger partial charge in [0.15, 0.2) is 11.5 Å². The molecule has 122 valence electrons. The number of ether oxygens (including phenoxy) is 1. The molecule has 7 heteroatoms. The van der Waals surface area contributed by atoms with Crippen LogP contribution in [0.2, 0.25) is 0 Å². The summed E-state index contributed by atoms with van der Waals surface area (Å²) in [5.41, 5.74) is 1.49. The monoisotopic (exact) mass is 323 g/mol. The Kier molecular flexibility index (Phi) is 3.74. The normalized spacial score (nSPS) is 13.2. The first-order valence-corrected chi connectivity index (χ1v) is 7.87. The Labute approximate surface area is 138 Å². The van der Waals surface area contributed by atoms with E-state index < -0.39 is 0 Å². The lowest BCUT2D eigenvalue weighted by Crippen LogP contribution is -2.16. The largest absolute Gasteiger partial charge is 0.478 e. The van der Waals surface area contributed by atoms with E-state index in [1.807, 2.05) is 36.5 Å². The van der Waals surface area contributed by atoms with Crippen molar-refractivity contribution in [2.24, 2.45) is 0 Å². The number of hydrogen-bond acceptors (Lipinski definition) is 4. The average molecular weight is 323 g/mol. The van der Waals surface area contributed by atoms with Gasteiger partial charge < -0.3 is 10.1 Å². The molecule has 3 aromatic rings. The zero-order valence-electron chi connectivity index (χ0n) is 13.1. The third kappa shape index (κ3) is 3.01. The molecule has 0 spiro atoms. The third-order valence-electron chi connectivity index (χ3n) is 3.81. The van der Waals surface area contributed by atoms with E-state index in [9.17, 15) is 4.79 Å². The number of nitrogens with one attached hydrogen (secondary N) is 1. The van der Waals surface area contributed by atoms with Gasteiger partial charge in [0.25, 0.3) is 5.91 Å². The molecule has 24 heavy (non-hydrogen) atoms. The van der Waals surface area contributed by atoms with Crippen LogP contribution in [0.25, 0.3) is 0 Å². The van der Waals surface area contributed by atoms with Gasteiger partial charge in [-0.05, 0) is 5.56 Å². The minimum Gasteiger partial charge on any atom is -0.478 e. The Bertz CT molecular complexity index is 830. The van der Waals surface area contributed by atoms with Crippen LogP contribution in [0.4, 0.5) is 5.82 Å². The fourth-order valence-corrected chi connectivity index (χ4v) is 2.65. The topological polar surface area (TPSA) is 74.0 Å². The molecular weight excluding hydrogens is 306 g/mol. The number of anilines is 1. The highest BCUT2D eigenvalue weighted by atomic mass is 16.5. The number of benzene rings is 1. The number of nitrogens with zero attached hydrogens (tertiary/aromatic N) is 4. The quantitative estimate of drug-likeness (QED) is 0.798. The molecule has 2 aromatic heterocycles. The van der Waals surface area contributed by atoms with Crippen molar-refractivity contribution in [2.45, 2.75) is 19.5 Å². The molecule has 0 fully saturated rings. The van der Waals surface area contributed by atoms with Gasteiger partial charge in [0.2, 0.25) is 5.88 Å². The molecule has 0 aliphatic carbocycles. The van der Waals surface area contributed by atoms with Crippen LogP contribution in [0, 0.1) is 0 Å². The Morgan fingerprint density at radius 2 is 2.08 bits per heavy atom. The van der Waals surface area contributed by atoms with Gasteiger partial charge in [-0.25, -0.2) is 4.68 Å². The molecule has 1 amide bonds. The predicted octanol–water partition coefficient (Wildman–Crippen LogP) is 2.16. The van der Waals surface area contributed by atoms with Gasteiger partial charge in [-0.3, -0.25) is 9.48 Å². The van der Waals surface area contributed by atoms with E-state index in [0.29, 0.717) is 30.5 Å². The van der Waals surface area contributed by atoms with E-state index in [1.165, 1.54) is 0 Å². The van der Waals surface area contributed by atoms with E-state index in [2.05, 4.69) is 15.5 Å². The molecule has 7 nitrogen and oxygen atoms in total. The van der Waals surface area contributed by atoms with Crippen molar-refractivity contribution < 1.29 is 9.53 Å². The zero-order chi connectivity index (χ0) is 16.4. The Balaban J connectivity index is 1.43. The number of aromatic nitrogens is 4. The van der Waals surface area contributed by atoms with Crippen molar-refractivity contribution in [3.63, 3.8) is 0 Å². The second-order valence-corrected chi connectivity index (χ2v) is 5.63. The van der Waals surface area contributed by atoms with Gasteiger partial charge in [0.05, 0.1) is 13.2 Å². The third-order valence-corrected chi connectivity index (χ3v) is 3.81. The van der Waals surface area contributed by atoms with Crippen LogP contribution in [0.1, 0.15) is 22.5 Å². The summed E-state index contributed by atoms with van der Waals surface area (Å²) in [4.78, 5) is 12.3. The second kappa shape index (κ2) is 6.19. The lowest BCUT2D eigenvalue weighted by Gasteiger charge is -2.13. The van der Waals surface area contributed by atoms with Crippen LogP contribution in [0.5, 0.6) is 5.88 Å². The highest BCUT2D eigenvalue weighted by Crippen LogP contribution is 2.19. The minimum absolute atomic E-state index is 0.287. The molecule has 0 saturated heterocycles. The summed E-state index contributed by atoms with van der Waals surface area (Å²) < 4.78 is 8.97. The Morgan fingerprint density at radius 1 is 1.21 bits per heavy atom. The summed E-state index contributed by atoms with van der Waals surface area (Å²) in [6.07, 6.45) is 2.74. The zero-order valence-corrected chi connectivity index (χ0v) is 13.1. The first-order chi connectivity index (χ1) is 11.8. The number of carbonyl (C=O) groups is 1. The number of fused-ring (bicyclic) bond motifs is 1. The van der Waals surface area contributed by atoms with Gasteiger partial charge in [-0.1, -0.05) is 30.3 Å². The highest BCUT2D eigenvalue weighted by molar-refractivity contribution is 6.02. The number of amides is 1. The number of carbonyl (C=O) groups excluding carboxylic acids is 1. The van der Waals surface area contributed by atoms with Gasteiger partial charge in [0, 0.05) is 31.3 Å². The van der Waals surface area contributed by atoms with Crippen LogP contribution in [0.15, 0.2) is 48.7 Å². The van der Waals surface area contributed by atoms with Gasteiger partial charge in [-0.15, -0.1) is 0 Å². The molecule has 1 aromatic carbocycles. The molecule has 0 saturated carbocycles. The van der Waals surface area contributed by atoms with Crippen LogP contribution >= 0.6 is 0 Å². The van der Waals surface area contributed by atoms with E-state index in [1.54, 1.807) is 21.5 Å². The lowest BCUT2D eigenvalue weighted by atomic mass is 10.2. The van der Waals surface area contributed by atoms with Gasteiger partial charge in [-0.2, -0.15) is 10.2 Å². The summed E-state index contributed by atoms with van der Waals surface area (Å²) in [6, 6.07) is 13.5. The fraction of sp³-hybridized carbons (Fsp3) is 0.235. The van der Waals surface area contributed by atoms with Crippen molar-refractivity contribution in [3.05, 3.63) is 59.9 Å². The van der Waals surface area contributed by atoms with E-state index >= 15 is 0 Å². The number of aryl methyl sites for hydroxylation is 1. The second-order valence-electron chi connectivity index (χ2n) is 5.63. The molecule has 0 unspecified atom stereocenters. The Hall–Kier alpha value is -3.09. The highest BCUT2D eigenvalue weighted by Gasteiger charge is 2.18. The molecule has 1 aliphatic rings. The van der Waals surface area contributed by atoms with E-state index in [0.717, 1.165) is 18.5 Å². The van der Waals surface area contributed by atoms with Crippen molar-refractivity contribution in [1.29, 1.82) is 0 Å². The maximum Gasteiger partial charge on any atom is 0.277 e. The maximum absolute atomic E-state index is 12.3. The first-order valence-electron chi connectivity index (χ1n) is 7.87. The van der Waals surface area contributed by atoms with Crippen LogP contribution in [-0.4, -0.2) is 32.1 Å². The molecule has 0 radical (unpaired) electrons. The molecule has 3 heterocycles. The van der Waals surface area contributed by atoms with Crippen LogP contribution in [0.3, 0.4) is 0 Å². The van der Waals surface area contributed by atoms with E-state index in [4.69, 9.17) is 4.74 Å². The summed E-state index contributed by atoms with van der Waals surface area (Å²) in [6.45, 7) is 2.09. The summed E-state index contributed by atoms with van der Waals surface area (Å²) in [5, 5.41) is 11.4. The number of rotatable bonds is 4. The molecule has 0 atom stereocenters. The molecule has 1 aliphatic heterocycles. The van der Waals surface area contributed by atoms with Crippen LogP contribution < -0.4 is 10.1 Å². The number of hydrogen-bond donors (Lipinski definition) is 1. The van der Waals surface area contributed by atoms with Crippen molar-refractivity contribution >= 4 is 11.7 Å². The van der Waals surface area contributed by atoms with Gasteiger partial charge in [0.1, 0.15) is 0 Å². The molecule has 4 rings (SSSR count). The molecule has 0 bridgehead atoms. The van der Waals surface area contributed by atoms with Crippen molar-refractivity contribution in [2.75, 3.05) is 11.9 Å². The standard InChI is InChI=1S/C17H17N5O2/c23-17(14-11-16-22(19-14)8-4-10-24-16)18-15-7-9-21(20-15)12-13-5-2-1-3-6-13/h1-3,5-7,9,11H,4,8,10,12H2,(H,18,20,23). The lowest BCUT2D eigenvalue weighted by molar-refractivity contribution is 0.102. The summed E-state index contributed by atoms with van der Waals surface area (Å²) in [5.74, 6) is 0.856. The fourth-order valence-electron chi connectivity index (χ4n) is 2.65. The van der Waals surface area contributed by atoms with Crippen molar-refractivity contribution in [1.82, 2.24) is 19.6 Å². The predicted molar refractivity (Wildman–Crippen MR) is 88.1 cm³/mol.